The predicted octanol–water partition coefficient (Wildman–Crippen LogP) is 3.22. The van der Waals surface area contributed by atoms with Crippen LogP contribution in [0.25, 0.3) is 0 Å². The van der Waals surface area contributed by atoms with Gasteiger partial charge in [-0.05, 0) is 48.9 Å². The summed E-state index contributed by atoms with van der Waals surface area (Å²) in [6.45, 7) is 7.01. The molecule has 0 radical (unpaired) electrons. The van der Waals surface area contributed by atoms with E-state index in [4.69, 9.17) is 0 Å². The highest BCUT2D eigenvalue weighted by molar-refractivity contribution is 4.96. The Kier molecular flexibility index (Phi) is 2.63. The van der Waals surface area contributed by atoms with Gasteiger partial charge in [-0.25, -0.2) is 0 Å². The standard InChI is InChI=1S/C13H24O/c1-9-4-7-11(12(14)8-9)13(2,3)10-5-6-10/h9-12,14H,4-8H2,1-3H3. The van der Waals surface area contributed by atoms with Crippen LogP contribution in [-0.2, 0) is 0 Å². The molecule has 0 saturated heterocycles. The molecule has 0 aromatic heterocycles. The van der Waals surface area contributed by atoms with Crippen LogP contribution < -0.4 is 0 Å². The van der Waals surface area contributed by atoms with Crippen molar-refractivity contribution in [1.29, 1.82) is 0 Å². The fourth-order valence-electron chi connectivity index (χ4n) is 3.35. The number of aliphatic hydroxyl groups is 1. The van der Waals surface area contributed by atoms with Crippen molar-refractivity contribution in [2.45, 2.75) is 59.0 Å². The molecule has 1 N–H and O–H groups in total. The summed E-state index contributed by atoms with van der Waals surface area (Å²) in [6.07, 6.45) is 6.34. The third kappa shape index (κ3) is 1.84. The van der Waals surface area contributed by atoms with Crippen molar-refractivity contribution in [1.82, 2.24) is 0 Å². The van der Waals surface area contributed by atoms with Crippen LogP contribution in [0.1, 0.15) is 52.9 Å². The van der Waals surface area contributed by atoms with E-state index < -0.39 is 0 Å². The van der Waals surface area contributed by atoms with Crippen LogP contribution in [0, 0.1) is 23.2 Å². The Balaban J connectivity index is 2.02. The molecule has 0 aromatic carbocycles. The van der Waals surface area contributed by atoms with E-state index in [1.54, 1.807) is 0 Å². The summed E-state index contributed by atoms with van der Waals surface area (Å²) < 4.78 is 0. The molecule has 82 valence electrons. The summed E-state index contributed by atoms with van der Waals surface area (Å²) in [5.41, 5.74) is 0.388. The Morgan fingerprint density at radius 1 is 1.07 bits per heavy atom. The van der Waals surface area contributed by atoms with Crippen LogP contribution >= 0.6 is 0 Å². The van der Waals surface area contributed by atoms with Gasteiger partial charge in [-0.3, -0.25) is 0 Å². The Bertz CT molecular complexity index is 205. The molecule has 1 heteroatoms. The molecule has 0 bridgehead atoms. The van der Waals surface area contributed by atoms with Crippen molar-refractivity contribution in [3.63, 3.8) is 0 Å². The molecular weight excluding hydrogens is 172 g/mol. The monoisotopic (exact) mass is 196 g/mol. The minimum Gasteiger partial charge on any atom is -0.393 e. The lowest BCUT2D eigenvalue weighted by Gasteiger charge is -2.42. The van der Waals surface area contributed by atoms with Gasteiger partial charge in [-0.15, -0.1) is 0 Å². The summed E-state index contributed by atoms with van der Waals surface area (Å²) in [7, 11) is 0. The summed E-state index contributed by atoms with van der Waals surface area (Å²) in [6, 6.07) is 0. The highest BCUT2D eigenvalue weighted by Gasteiger charge is 2.46. The average Bonchev–Trinajstić information content (AvgIpc) is 2.84. The van der Waals surface area contributed by atoms with Crippen molar-refractivity contribution < 1.29 is 5.11 Å². The molecule has 2 rings (SSSR count). The second-order valence-corrected chi connectivity index (χ2v) is 6.19. The van der Waals surface area contributed by atoms with Gasteiger partial charge in [0.2, 0.25) is 0 Å². The SMILES string of the molecule is CC1CCC(C(C)(C)C2CC2)C(O)C1. The summed E-state index contributed by atoms with van der Waals surface area (Å²) >= 11 is 0. The zero-order valence-electron chi connectivity index (χ0n) is 9.79. The number of aliphatic hydroxyl groups excluding tert-OH is 1. The van der Waals surface area contributed by atoms with E-state index in [0.29, 0.717) is 11.3 Å². The van der Waals surface area contributed by atoms with Crippen LogP contribution in [0.3, 0.4) is 0 Å². The minimum atomic E-state index is -0.0330. The average molecular weight is 196 g/mol. The topological polar surface area (TPSA) is 20.2 Å². The lowest BCUT2D eigenvalue weighted by molar-refractivity contribution is -0.0217. The molecule has 0 aromatic rings. The molecule has 3 atom stereocenters. The molecule has 14 heavy (non-hydrogen) atoms. The molecule has 0 spiro atoms. The zero-order chi connectivity index (χ0) is 10.3. The molecule has 0 heterocycles. The second-order valence-electron chi connectivity index (χ2n) is 6.19. The molecular formula is C13H24O. The second kappa shape index (κ2) is 3.52. The quantitative estimate of drug-likeness (QED) is 0.719. The first-order valence-corrected chi connectivity index (χ1v) is 6.20. The molecule has 2 aliphatic rings. The van der Waals surface area contributed by atoms with Crippen molar-refractivity contribution in [2.24, 2.45) is 23.2 Å². The molecule has 3 unspecified atom stereocenters. The molecule has 0 aliphatic heterocycles. The molecule has 2 fully saturated rings. The van der Waals surface area contributed by atoms with E-state index >= 15 is 0 Å². The van der Waals surface area contributed by atoms with Crippen LogP contribution in [0.4, 0.5) is 0 Å². The van der Waals surface area contributed by atoms with E-state index in [2.05, 4.69) is 20.8 Å². The number of hydrogen-bond donors (Lipinski definition) is 1. The summed E-state index contributed by atoms with van der Waals surface area (Å²) in [4.78, 5) is 0. The first kappa shape index (κ1) is 10.5. The van der Waals surface area contributed by atoms with E-state index in [9.17, 15) is 5.11 Å². The maximum absolute atomic E-state index is 10.2. The Hall–Kier alpha value is -0.0400. The molecule has 0 amide bonds. The van der Waals surface area contributed by atoms with E-state index in [1.165, 1.54) is 25.7 Å². The zero-order valence-corrected chi connectivity index (χ0v) is 9.79. The van der Waals surface area contributed by atoms with Gasteiger partial charge < -0.3 is 5.11 Å². The summed E-state index contributed by atoms with van der Waals surface area (Å²) in [5, 5.41) is 10.2. The van der Waals surface area contributed by atoms with Crippen LogP contribution in [-0.4, -0.2) is 11.2 Å². The Labute approximate surface area is 87.9 Å². The minimum absolute atomic E-state index is 0.0330. The Morgan fingerprint density at radius 2 is 1.71 bits per heavy atom. The fourth-order valence-corrected chi connectivity index (χ4v) is 3.35. The van der Waals surface area contributed by atoms with E-state index in [0.717, 1.165) is 18.3 Å². The summed E-state index contributed by atoms with van der Waals surface area (Å²) in [5.74, 6) is 2.19. The van der Waals surface area contributed by atoms with Gasteiger partial charge in [0, 0.05) is 0 Å². The van der Waals surface area contributed by atoms with E-state index in [1.807, 2.05) is 0 Å². The van der Waals surface area contributed by atoms with Gasteiger partial charge in [0.1, 0.15) is 0 Å². The number of rotatable bonds is 2. The lowest BCUT2D eigenvalue weighted by atomic mass is 9.65. The van der Waals surface area contributed by atoms with Crippen LogP contribution in [0.15, 0.2) is 0 Å². The fraction of sp³-hybridized carbons (Fsp3) is 1.00. The number of hydrogen-bond acceptors (Lipinski definition) is 1. The third-order valence-corrected chi connectivity index (χ3v) is 4.66. The van der Waals surface area contributed by atoms with Gasteiger partial charge >= 0.3 is 0 Å². The maximum atomic E-state index is 10.2. The van der Waals surface area contributed by atoms with Crippen molar-refractivity contribution in [3.8, 4) is 0 Å². The van der Waals surface area contributed by atoms with Crippen molar-refractivity contribution in [2.75, 3.05) is 0 Å². The van der Waals surface area contributed by atoms with E-state index in [-0.39, 0.29) is 6.10 Å². The largest absolute Gasteiger partial charge is 0.393 e. The smallest absolute Gasteiger partial charge is 0.0576 e. The molecule has 1 nitrogen and oxygen atoms in total. The van der Waals surface area contributed by atoms with Gasteiger partial charge in [0.25, 0.3) is 0 Å². The first-order chi connectivity index (χ1) is 6.51. The van der Waals surface area contributed by atoms with Crippen molar-refractivity contribution >= 4 is 0 Å². The Morgan fingerprint density at radius 3 is 2.21 bits per heavy atom. The van der Waals surface area contributed by atoms with Gasteiger partial charge in [-0.2, -0.15) is 0 Å². The normalized spacial score (nSPS) is 39.9. The third-order valence-electron chi connectivity index (χ3n) is 4.66. The molecule has 2 saturated carbocycles. The first-order valence-electron chi connectivity index (χ1n) is 6.20. The maximum Gasteiger partial charge on any atom is 0.0576 e. The van der Waals surface area contributed by atoms with Gasteiger partial charge in [0.05, 0.1) is 6.10 Å². The predicted molar refractivity (Wildman–Crippen MR) is 59.0 cm³/mol. The highest BCUT2D eigenvalue weighted by Crippen LogP contribution is 2.53. The molecule has 2 aliphatic carbocycles. The van der Waals surface area contributed by atoms with Crippen LogP contribution in [0.2, 0.25) is 0 Å². The van der Waals surface area contributed by atoms with Gasteiger partial charge in [-0.1, -0.05) is 27.2 Å². The van der Waals surface area contributed by atoms with Crippen LogP contribution in [0.5, 0.6) is 0 Å². The van der Waals surface area contributed by atoms with Crippen molar-refractivity contribution in [3.05, 3.63) is 0 Å². The van der Waals surface area contributed by atoms with Gasteiger partial charge in [0.15, 0.2) is 0 Å². The highest BCUT2D eigenvalue weighted by atomic mass is 16.3. The lowest BCUT2D eigenvalue weighted by Crippen LogP contribution is -2.39.